The third kappa shape index (κ3) is 3.63. The third-order valence-electron chi connectivity index (χ3n) is 7.23. The van der Waals surface area contributed by atoms with E-state index in [0.717, 1.165) is 24.8 Å². The maximum absolute atomic E-state index is 13.3. The molecule has 0 unspecified atom stereocenters. The van der Waals surface area contributed by atoms with Gasteiger partial charge < -0.3 is 9.47 Å². The summed E-state index contributed by atoms with van der Waals surface area (Å²) in [5.41, 5.74) is 3.36. The van der Waals surface area contributed by atoms with E-state index >= 15 is 0 Å². The zero-order chi connectivity index (χ0) is 21.8. The number of benzene rings is 1. The fraction of sp³-hybridized carbons (Fsp3) is 0.522. The van der Waals surface area contributed by atoms with Gasteiger partial charge in [-0.3, -0.25) is 15.0 Å². The number of hydrogen-bond acceptors (Lipinski definition) is 6. The summed E-state index contributed by atoms with van der Waals surface area (Å²) in [5.74, 6) is 2.87. The van der Waals surface area contributed by atoms with Crippen LogP contribution in [0.1, 0.15) is 44.1 Å². The highest BCUT2D eigenvalue weighted by Gasteiger charge is 2.55. The molecule has 5 aliphatic rings. The molecule has 5 fully saturated rings. The first-order valence-electron chi connectivity index (χ1n) is 10.7. The molecule has 8 heteroatoms. The van der Waals surface area contributed by atoms with Crippen molar-refractivity contribution < 1.29 is 19.1 Å². The van der Waals surface area contributed by atoms with E-state index in [1.165, 1.54) is 36.0 Å². The second-order valence-electron chi connectivity index (χ2n) is 9.27. The molecule has 6 nitrogen and oxygen atoms in total. The Balaban J connectivity index is 1.33. The number of ether oxygens (including phenoxy) is 2. The van der Waals surface area contributed by atoms with Gasteiger partial charge >= 0.3 is 0 Å². The molecule has 4 aliphatic carbocycles. The lowest BCUT2D eigenvalue weighted by atomic mass is 9.49. The molecular weight excluding hydrogens is 432 g/mol. The SMILES string of the molecule is COc1ccc(/C=C2/SC(=S)N(NC(=O)C34CC5CC(CC(C5)C3)C4)C2=O)cc1OC. The van der Waals surface area contributed by atoms with Crippen LogP contribution in [0.4, 0.5) is 0 Å². The van der Waals surface area contributed by atoms with Gasteiger partial charge in [-0.1, -0.05) is 17.8 Å². The molecule has 0 aromatic heterocycles. The molecule has 0 radical (unpaired) electrons. The molecule has 4 saturated carbocycles. The fourth-order valence-electron chi connectivity index (χ4n) is 6.27. The Morgan fingerprint density at radius 1 is 1.13 bits per heavy atom. The van der Waals surface area contributed by atoms with E-state index in [9.17, 15) is 9.59 Å². The van der Waals surface area contributed by atoms with Crippen molar-refractivity contribution in [2.45, 2.75) is 38.5 Å². The van der Waals surface area contributed by atoms with Crippen molar-refractivity contribution >= 4 is 46.2 Å². The maximum atomic E-state index is 13.3. The van der Waals surface area contributed by atoms with Crippen LogP contribution in [0.2, 0.25) is 0 Å². The van der Waals surface area contributed by atoms with Crippen molar-refractivity contribution in [1.82, 2.24) is 10.4 Å². The Morgan fingerprint density at radius 2 is 1.74 bits per heavy atom. The van der Waals surface area contributed by atoms with Crippen LogP contribution in [-0.4, -0.2) is 35.4 Å². The molecule has 164 valence electrons. The van der Waals surface area contributed by atoms with Gasteiger partial charge in [-0.05, 0) is 92.3 Å². The molecule has 1 aromatic rings. The molecule has 4 bridgehead atoms. The zero-order valence-corrected chi connectivity index (χ0v) is 19.3. The Kier molecular flexibility index (Phi) is 5.25. The van der Waals surface area contributed by atoms with Crippen molar-refractivity contribution in [3.05, 3.63) is 28.7 Å². The molecule has 1 heterocycles. The quantitative estimate of drug-likeness (QED) is 0.528. The molecule has 1 N–H and O–H groups in total. The summed E-state index contributed by atoms with van der Waals surface area (Å²) >= 11 is 6.63. The minimum atomic E-state index is -0.328. The van der Waals surface area contributed by atoms with Crippen LogP contribution in [0, 0.1) is 23.2 Å². The van der Waals surface area contributed by atoms with Crippen molar-refractivity contribution in [2.75, 3.05) is 14.2 Å². The van der Waals surface area contributed by atoms with E-state index in [1.54, 1.807) is 32.4 Å². The maximum Gasteiger partial charge on any atom is 0.285 e. The topological polar surface area (TPSA) is 67.9 Å². The number of carbonyl (C=O) groups excluding carboxylic acids is 2. The van der Waals surface area contributed by atoms with Crippen LogP contribution < -0.4 is 14.9 Å². The van der Waals surface area contributed by atoms with Crippen LogP contribution in [-0.2, 0) is 9.59 Å². The number of carbonyl (C=O) groups is 2. The number of hydrazine groups is 1. The number of nitrogens with zero attached hydrogens (tertiary/aromatic N) is 1. The van der Waals surface area contributed by atoms with Crippen LogP contribution in [0.15, 0.2) is 23.1 Å². The minimum absolute atomic E-state index is 0.0322. The normalized spacial score (nSPS) is 32.6. The van der Waals surface area contributed by atoms with Crippen molar-refractivity contribution in [3.8, 4) is 11.5 Å². The Bertz CT molecular complexity index is 955. The van der Waals surface area contributed by atoms with Gasteiger partial charge in [-0.15, -0.1) is 0 Å². The first-order chi connectivity index (χ1) is 14.9. The Morgan fingerprint density at radius 3 is 2.32 bits per heavy atom. The molecule has 1 saturated heterocycles. The van der Waals surface area contributed by atoms with Crippen molar-refractivity contribution in [2.24, 2.45) is 23.2 Å². The lowest BCUT2D eigenvalue weighted by molar-refractivity contribution is -0.152. The fourth-order valence-corrected chi connectivity index (χ4v) is 7.45. The number of rotatable bonds is 5. The molecular formula is C23H26N2O4S2. The van der Waals surface area contributed by atoms with Crippen LogP contribution in [0.25, 0.3) is 6.08 Å². The summed E-state index contributed by atoms with van der Waals surface area (Å²) < 4.78 is 11.0. The van der Waals surface area contributed by atoms with Gasteiger partial charge in [0.25, 0.3) is 5.91 Å². The minimum Gasteiger partial charge on any atom is -0.493 e. The summed E-state index contributed by atoms with van der Waals surface area (Å²) in [6.07, 6.45) is 8.40. The van der Waals surface area contributed by atoms with Gasteiger partial charge in [0.15, 0.2) is 15.8 Å². The number of methoxy groups -OCH3 is 2. The van der Waals surface area contributed by atoms with E-state index < -0.39 is 0 Å². The summed E-state index contributed by atoms with van der Waals surface area (Å²) in [4.78, 5) is 26.9. The zero-order valence-electron chi connectivity index (χ0n) is 17.7. The lowest BCUT2D eigenvalue weighted by Crippen LogP contribution is -2.57. The molecule has 2 amide bonds. The van der Waals surface area contributed by atoms with E-state index in [4.69, 9.17) is 21.7 Å². The molecule has 31 heavy (non-hydrogen) atoms. The van der Waals surface area contributed by atoms with Gasteiger partial charge in [0, 0.05) is 0 Å². The molecule has 6 rings (SSSR count). The van der Waals surface area contributed by atoms with E-state index in [2.05, 4.69) is 5.43 Å². The average molecular weight is 459 g/mol. The summed E-state index contributed by atoms with van der Waals surface area (Å²) in [5, 5.41) is 1.26. The lowest BCUT2D eigenvalue weighted by Gasteiger charge is -2.55. The second-order valence-corrected chi connectivity index (χ2v) is 10.9. The molecule has 0 atom stereocenters. The van der Waals surface area contributed by atoms with Gasteiger partial charge in [0.2, 0.25) is 5.91 Å². The third-order valence-corrected chi connectivity index (χ3v) is 8.53. The number of thioether (sulfide) groups is 1. The average Bonchev–Trinajstić information content (AvgIpc) is 3.00. The predicted octanol–water partition coefficient (Wildman–Crippen LogP) is 4.15. The van der Waals surface area contributed by atoms with E-state index in [-0.39, 0.29) is 17.2 Å². The second kappa shape index (κ2) is 7.81. The largest absolute Gasteiger partial charge is 0.493 e. The van der Waals surface area contributed by atoms with Gasteiger partial charge in [0.1, 0.15) is 0 Å². The molecule has 1 aliphatic heterocycles. The Labute approximate surface area is 191 Å². The molecule has 0 spiro atoms. The van der Waals surface area contributed by atoms with E-state index in [0.29, 0.717) is 38.5 Å². The first kappa shape index (κ1) is 20.8. The highest BCUT2D eigenvalue weighted by Crippen LogP contribution is 2.60. The monoisotopic (exact) mass is 458 g/mol. The number of nitrogens with one attached hydrogen (secondary N) is 1. The van der Waals surface area contributed by atoms with Gasteiger partial charge in [-0.25, -0.2) is 0 Å². The summed E-state index contributed by atoms with van der Waals surface area (Å²) in [6, 6.07) is 5.45. The Hall–Kier alpha value is -2.06. The summed E-state index contributed by atoms with van der Waals surface area (Å²) in [6.45, 7) is 0. The summed E-state index contributed by atoms with van der Waals surface area (Å²) in [7, 11) is 3.15. The van der Waals surface area contributed by atoms with Crippen LogP contribution >= 0.6 is 24.0 Å². The van der Waals surface area contributed by atoms with Crippen LogP contribution in [0.3, 0.4) is 0 Å². The molecule has 1 aromatic carbocycles. The smallest absolute Gasteiger partial charge is 0.285 e. The van der Waals surface area contributed by atoms with Crippen molar-refractivity contribution in [1.29, 1.82) is 0 Å². The standard InChI is InChI=1S/C23H26N2O4S2/c1-28-17-4-3-13(8-18(17)29-2)9-19-20(26)25(22(30)31-19)24-21(27)23-10-14-5-15(11-23)7-16(6-14)12-23/h3-4,8-9,14-16H,5-7,10-12H2,1-2H3,(H,24,27)/b19-9+. The highest BCUT2D eigenvalue weighted by atomic mass is 32.2. The van der Waals surface area contributed by atoms with E-state index in [1.807, 2.05) is 6.07 Å². The predicted molar refractivity (Wildman–Crippen MR) is 123 cm³/mol. The first-order valence-corrected chi connectivity index (χ1v) is 11.9. The number of hydrogen-bond donors (Lipinski definition) is 1. The number of amides is 2. The van der Waals surface area contributed by atoms with Gasteiger partial charge in [-0.2, -0.15) is 5.01 Å². The highest BCUT2D eigenvalue weighted by molar-refractivity contribution is 8.26. The van der Waals surface area contributed by atoms with Crippen molar-refractivity contribution in [3.63, 3.8) is 0 Å². The number of thiocarbonyl (C=S) groups is 1. The van der Waals surface area contributed by atoms with Gasteiger partial charge in [0.05, 0.1) is 24.5 Å². The van der Waals surface area contributed by atoms with Crippen LogP contribution in [0.5, 0.6) is 11.5 Å².